The van der Waals surface area contributed by atoms with Crippen LogP contribution in [0.3, 0.4) is 0 Å². The van der Waals surface area contributed by atoms with Crippen molar-refractivity contribution in [2.45, 2.75) is 37.2 Å². The second-order valence-electron chi connectivity index (χ2n) is 7.85. The highest BCUT2D eigenvalue weighted by Crippen LogP contribution is 2.49. The number of para-hydroxylation sites is 1. The lowest BCUT2D eigenvalue weighted by Gasteiger charge is -2.35. The van der Waals surface area contributed by atoms with Crippen LogP contribution in [-0.2, 0) is 10.3 Å². The highest BCUT2D eigenvalue weighted by Gasteiger charge is 2.48. The van der Waals surface area contributed by atoms with Crippen LogP contribution in [0.2, 0.25) is 0 Å². The normalized spacial score (nSPS) is 23.4. The van der Waals surface area contributed by atoms with E-state index in [0.29, 0.717) is 11.5 Å². The average molecular weight is 385 g/mol. The molecule has 0 atom stereocenters. The van der Waals surface area contributed by atoms with Gasteiger partial charge in [0.15, 0.2) is 5.65 Å². The SMILES string of the molecule is O=C1OC2(CCC(c3nc4nn(-c5ccccc5)cc4[nH]3)CC2)c2cnccc21. The van der Waals surface area contributed by atoms with Gasteiger partial charge < -0.3 is 9.72 Å². The van der Waals surface area contributed by atoms with Crippen molar-refractivity contribution >= 4 is 17.1 Å². The summed E-state index contributed by atoms with van der Waals surface area (Å²) in [4.78, 5) is 24.7. The van der Waals surface area contributed by atoms with Gasteiger partial charge in [-0.15, -0.1) is 5.10 Å². The number of esters is 1. The van der Waals surface area contributed by atoms with Crippen LogP contribution in [0.5, 0.6) is 0 Å². The molecule has 4 aromatic rings. The fraction of sp³-hybridized carbons (Fsp3) is 0.273. The van der Waals surface area contributed by atoms with Crippen molar-refractivity contribution in [1.82, 2.24) is 24.7 Å². The molecule has 1 N–H and O–H groups in total. The van der Waals surface area contributed by atoms with Crippen LogP contribution in [-0.4, -0.2) is 30.7 Å². The van der Waals surface area contributed by atoms with Gasteiger partial charge in [0, 0.05) is 23.9 Å². The molecule has 1 spiro atoms. The van der Waals surface area contributed by atoms with Crippen LogP contribution in [0.1, 0.15) is 53.3 Å². The number of nitrogens with one attached hydrogen (secondary N) is 1. The smallest absolute Gasteiger partial charge is 0.339 e. The average Bonchev–Trinajstić information content (AvgIpc) is 3.41. The summed E-state index contributed by atoms with van der Waals surface area (Å²) in [5.74, 6) is 1.04. The van der Waals surface area contributed by atoms with Gasteiger partial charge in [0.25, 0.3) is 0 Å². The molecule has 7 nitrogen and oxygen atoms in total. The van der Waals surface area contributed by atoms with Crippen LogP contribution in [0.25, 0.3) is 16.9 Å². The molecule has 3 aromatic heterocycles. The monoisotopic (exact) mass is 385 g/mol. The number of fused-ring (bicyclic) bond motifs is 3. The summed E-state index contributed by atoms with van der Waals surface area (Å²) < 4.78 is 7.67. The molecular formula is C22H19N5O2. The Balaban J connectivity index is 1.24. The lowest BCUT2D eigenvalue weighted by atomic mass is 9.75. The highest BCUT2D eigenvalue weighted by molar-refractivity contribution is 5.94. The number of hydrogen-bond donors (Lipinski definition) is 1. The van der Waals surface area contributed by atoms with E-state index in [2.05, 4.69) is 15.1 Å². The van der Waals surface area contributed by atoms with E-state index in [4.69, 9.17) is 9.72 Å². The van der Waals surface area contributed by atoms with Gasteiger partial charge in [-0.3, -0.25) is 4.98 Å². The molecule has 2 aliphatic rings. The van der Waals surface area contributed by atoms with Crippen molar-refractivity contribution in [2.24, 2.45) is 0 Å². The summed E-state index contributed by atoms with van der Waals surface area (Å²) in [6, 6.07) is 11.8. The van der Waals surface area contributed by atoms with Gasteiger partial charge in [-0.05, 0) is 43.9 Å². The number of hydrogen-bond acceptors (Lipinski definition) is 5. The van der Waals surface area contributed by atoms with E-state index in [-0.39, 0.29) is 5.97 Å². The molecule has 0 bridgehead atoms. The zero-order valence-electron chi connectivity index (χ0n) is 15.7. The number of benzene rings is 1. The second-order valence-corrected chi connectivity index (χ2v) is 7.85. The maximum Gasteiger partial charge on any atom is 0.339 e. The number of carbonyl (C=O) groups is 1. The number of carbonyl (C=O) groups excluding carboxylic acids is 1. The Labute approximate surface area is 166 Å². The van der Waals surface area contributed by atoms with Crippen LogP contribution < -0.4 is 0 Å². The number of imidazole rings is 1. The van der Waals surface area contributed by atoms with Crippen molar-refractivity contribution in [1.29, 1.82) is 0 Å². The maximum absolute atomic E-state index is 12.2. The Morgan fingerprint density at radius 3 is 2.76 bits per heavy atom. The third-order valence-corrected chi connectivity index (χ3v) is 6.20. The van der Waals surface area contributed by atoms with Crippen LogP contribution in [0, 0.1) is 0 Å². The summed E-state index contributed by atoms with van der Waals surface area (Å²) >= 11 is 0. The van der Waals surface area contributed by atoms with E-state index >= 15 is 0 Å². The van der Waals surface area contributed by atoms with E-state index in [0.717, 1.165) is 53.9 Å². The van der Waals surface area contributed by atoms with Crippen molar-refractivity contribution < 1.29 is 9.53 Å². The minimum Gasteiger partial charge on any atom is -0.450 e. The molecule has 4 heterocycles. The summed E-state index contributed by atoms with van der Waals surface area (Å²) in [5, 5.41) is 4.61. The van der Waals surface area contributed by atoms with E-state index in [1.54, 1.807) is 18.5 Å². The van der Waals surface area contributed by atoms with Gasteiger partial charge in [-0.25, -0.2) is 14.5 Å². The van der Waals surface area contributed by atoms with Gasteiger partial charge in [0.05, 0.1) is 17.4 Å². The standard InChI is InChI=1S/C22H19N5O2/c28-21-16-8-11-23-12-17(16)22(29-21)9-6-14(7-10-22)19-24-18-13-27(26-20(18)25-19)15-4-2-1-3-5-15/h1-5,8,11-14H,6-7,9-10H2,(H,24,25,26). The third kappa shape index (κ3) is 2.50. The lowest BCUT2D eigenvalue weighted by molar-refractivity contribution is -0.0313. The number of rotatable bonds is 2. The van der Waals surface area contributed by atoms with Gasteiger partial charge in [-0.1, -0.05) is 18.2 Å². The largest absolute Gasteiger partial charge is 0.450 e. The minimum atomic E-state index is -0.521. The van der Waals surface area contributed by atoms with Crippen molar-refractivity contribution in [3.8, 4) is 5.69 Å². The molecule has 1 saturated carbocycles. The number of pyridine rings is 1. The number of H-pyrrole nitrogens is 1. The molecule has 0 radical (unpaired) electrons. The fourth-order valence-electron chi connectivity index (χ4n) is 4.67. The molecule has 1 aliphatic heterocycles. The molecular weight excluding hydrogens is 366 g/mol. The predicted octanol–water partition coefficient (Wildman–Crippen LogP) is 3.87. The Kier molecular flexibility index (Phi) is 3.41. The van der Waals surface area contributed by atoms with Gasteiger partial charge in [0.1, 0.15) is 16.9 Å². The summed E-state index contributed by atoms with van der Waals surface area (Å²) in [6.07, 6.45) is 8.77. The third-order valence-electron chi connectivity index (χ3n) is 6.20. The topological polar surface area (TPSA) is 85.7 Å². The molecule has 0 saturated heterocycles. The Morgan fingerprint density at radius 2 is 1.97 bits per heavy atom. The summed E-state index contributed by atoms with van der Waals surface area (Å²) in [5.41, 5.74) is 3.75. The van der Waals surface area contributed by atoms with E-state index in [9.17, 15) is 4.79 Å². The zero-order valence-corrected chi connectivity index (χ0v) is 15.7. The molecule has 29 heavy (non-hydrogen) atoms. The van der Waals surface area contributed by atoms with Crippen molar-refractivity contribution in [3.05, 3.63) is 71.9 Å². The zero-order chi connectivity index (χ0) is 19.4. The first kappa shape index (κ1) is 16.5. The van der Waals surface area contributed by atoms with Crippen LogP contribution >= 0.6 is 0 Å². The molecule has 6 rings (SSSR count). The van der Waals surface area contributed by atoms with Crippen LogP contribution in [0.4, 0.5) is 0 Å². The number of aromatic nitrogens is 5. The highest BCUT2D eigenvalue weighted by atomic mass is 16.6. The molecule has 7 heteroatoms. The van der Waals surface area contributed by atoms with E-state index in [1.165, 1.54) is 0 Å². The quantitative estimate of drug-likeness (QED) is 0.530. The van der Waals surface area contributed by atoms with Crippen molar-refractivity contribution in [3.63, 3.8) is 0 Å². The van der Waals surface area contributed by atoms with Crippen molar-refractivity contribution in [2.75, 3.05) is 0 Å². The molecule has 0 unspecified atom stereocenters. The summed E-state index contributed by atoms with van der Waals surface area (Å²) in [6.45, 7) is 0. The maximum atomic E-state index is 12.2. The number of nitrogens with zero attached hydrogens (tertiary/aromatic N) is 4. The molecule has 144 valence electrons. The van der Waals surface area contributed by atoms with E-state index in [1.807, 2.05) is 41.2 Å². The van der Waals surface area contributed by atoms with Crippen LogP contribution in [0.15, 0.2) is 55.0 Å². The van der Waals surface area contributed by atoms with Gasteiger partial charge in [-0.2, -0.15) is 0 Å². The minimum absolute atomic E-state index is 0.229. The Bertz CT molecular complexity index is 1190. The first-order chi connectivity index (χ1) is 14.2. The Hall–Kier alpha value is -3.48. The Morgan fingerprint density at radius 1 is 1.14 bits per heavy atom. The van der Waals surface area contributed by atoms with Gasteiger partial charge in [0.2, 0.25) is 0 Å². The first-order valence-corrected chi connectivity index (χ1v) is 9.90. The number of ether oxygens (including phenoxy) is 1. The fourth-order valence-corrected chi connectivity index (χ4v) is 4.67. The predicted molar refractivity (Wildman–Crippen MR) is 106 cm³/mol. The number of aromatic amines is 1. The van der Waals surface area contributed by atoms with E-state index < -0.39 is 5.60 Å². The second kappa shape index (κ2) is 6.01. The lowest BCUT2D eigenvalue weighted by Crippen LogP contribution is -2.31. The molecule has 1 fully saturated rings. The van der Waals surface area contributed by atoms with Gasteiger partial charge >= 0.3 is 5.97 Å². The molecule has 1 aliphatic carbocycles. The first-order valence-electron chi connectivity index (χ1n) is 9.90. The summed E-state index contributed by atoms with van der Waals surface area (Å²) in [7, 11) is 0. The molecule has 1 aromatic carbocycles. The molecule has 0 amide bonds.